The summed E-state index contributed by atoms with van der Waals surface area (Å²) in [5, 5.41) is 9.09. The first-order valence-corrected chi connectivity index (χ1v) is 5.68. The van der Waals surface area contributed by atoms with Crippen LogP contribution in [0.3, 0.4) is 0 Å². The van der Waals surface area contributed by atoms with Crippen LogP contribution in [0, 0.1) is 6.92 Å². The Hall–Kier alpha value is -1.88. The number of ketones is 1. The van der Waals surface area contributed by atoms with Gasteiger partial charge in [-0.05, 0) is 24.6 Å². The standard InChI is InChI=1S/C12H10ClNO4/c1-6-8(13)3-2-7-10(6)14(5-4-9(15)16)12(18)11(7)17/h2-3H,4-5H2,1H3,(H,15,16). The Morgan fingerprint density at radius 1 is 1.39 bits per heavy atom. The molecule has 94 valence electrons. The number of fused-ring (bicyclic) bond motifs is 1. The molecule has 0 bridgehead atoms. The van der Waals surface area contributed by atoms with Gasteiger partial charge in [-0.2, -0.15) is 0 Å². The zero-order chi connectivity index (χ0) is 13.4. The number of nitrogens with zero attached hydrogens (tertiary/aromatic N) is 1. The number of amides is 1. The summed E-state index contributed by atoms with van der Waals surface area (Å²) in [6.45, 7) is 1.66. The first kappa shape index (κ1) is 12.6. The molecule has 0 saturated carbocycles. The van der Waals surface area contributed by atoms with Gasteiger partial charge in [-0.1, -0.05) is 11.6 Å². The lowest BCUT2D eigenvalue weighted by molar-refractivity contribution is -0.136. The second-order valence-corrected chi connectivity index (χ2v) is 4.41. The molecule has 1 aliphatic rings. The molecule has 5 nitrogen and oxygen atoms in total. The third-order valence-electron chi connectivity index (χ3n) is 2.87. The predicted molar refractivity (Wildman–Crippen MR) is 65.1 cm³/mol. The van der Waals surface area contributed by atoms with E-state index in [0.29, 0.717) is 16.3 Å². The van der Waals surface area contributed by atoms with Gasteiger partial charge in [-0.25, -0.2) is 0 Å². The molecule has 0 saturated heterocycles. The maximum absolute atomic E-state index is 11.8. The number of carbonyl (C=O) groups excluding carboxylic acids is 2. The van der Waals surface area contributed by atoms with Crippen LogP contribution in [0.2, 0.25) is 5.02 Å². The Bertz CT molecular complexity index is 567. The summed E-state index contributed by atoms with van der Waals surface area (Å²) < 4.78 is 0. The van der Waals surface area contributed by atoms with Crippen molar-refractivity contribution in [2.24, 2.45) is 0 Å². The van der Waals surface area contributed by atoms with E-state index >= 15 is 0 Å². The van der Waals surface area contributed by atoms with Gasteiger partial charge in [0.1, 0.15) is 0 Å². The topological polar surface area (TPSA) is 74.7 Å². The molecule has 0 aliphatic carbocycles. The highest BCUT2D eigenvalue weighted by molar-refractivity contribution is 6.52. The summed E-state index contributed by atoms with van der Waals surface area (Å²) in [6, 6.07) is 3.05. The number of halogens is 1. The fraction of sp³-hybridized carbons (Fsp3) is 0.250. The molecule has 1 N–H and O–H groups in total. The van der Waals surface area contributed by atoms with Crippen LogP contribution >= 0.6 is 11.6 Å². The van der Waals surface area contributed by atoms with Crippen LogP contribution < -0.4 is 4.90 Å². The van der Waals surface area contributed by atoms with Crippen molar-refractivity contribution in [1.29, 1.82) is 0 Å². The lowest BCUT2D eigenvalue weighted by atomic mass is 10.1. The summed E-state index contributed by atoms with van der Waals surface area (Å²) in [6.07, 6.45) is -0.218. The molecule has 0 fully saturated rings. The number of carboxylic acids is 1. The Labute approximate surface area is 108 Å². The summed E-state index contributed by atoms with van der Waals surface area (Å²) in [4.78, 5) is 35.3. The molecule has 2 rings (SSSR count). The maximum Gasteiger partial charge on any atom is 0.305 e. The van der Waals surface area contributed by atoms with Crippen LogP contribution in [0.15, 0.2) is 12.1 Å². The Kier molecular flexibility index (Phi) is 3.09. The van der Waals surface area contributed by atoms with Gasteiger partial charge >= 0.3 is 5.97 Å². The molecular weight excluding hydrogens is 258 g/mol. The van der Waals surface area contributed by atoms with Crippen molar-refractivity contribution in [2.45, 2.75) is 13.3 Å². The SMILES string of the molecule is Cc1c(Cl)ccc2c1N(CCC(=O)O)C(=O)C2=O. The quantitative estimate of drug-likeness (QED) is 0.845. The molecule has 6 heteroatoms. The van der Waals surface area contributed by atoms with Crippen molar-refractivity contribution in [1.82, 2.24) is 0 Å². The number of Topliss-reactive ketones (excluding diaryl/α,β-unsaturated/α-hetero) is 1. The summed E-state index contributed by atoms with van der Waals surface area (Å²) in [5.74, 6) is -2.34. The average molecular weight is 268 g/mol. The number of benzene rings is 1. The van der Waals surface area contributed by atoms with Gasteiger partial charge in [-0.15, -0.1) is 0 Å². The largest absolute Gasteiger partial charge is 0.481 e. The third kappa shape index (κ3) is 1.86. The van der Waals surface area contributed by atoms with Crippen LogP contribution in [-0.4, -0.2) is 29.3 Å². The molecule has 1 aromatic carbocycles. The molecule has 0 spiro atoms. The highest BCUT2D eigenvalue weighted by Gasteiger charge is 2.37. The van der Waals surface area contributed by atoms with Crippen molar-refractivity contribution < 1.29 is 19.5 Å². The molecule has 0 radical (unpaired) electrons. The van der Waals surface area contributed by atoms with Gasteiger partial charge in [0.15, 0.2) is 0 Å². The van der Waals surface area contributed by atoms with E-state index in [4.69, 9.17) is 16.7 Å². The van der Waals surface area contributed by atoms with Crippen LogP contribution in [-0.2, 0) is 9.59 Å². The Balaban J connectivity index is 2.46. The molecule has 1 aromatic rings. The van der Waals surface area contributed by atoms with Gasteiger partial charge in [0, 0.05) is 11.6 Å². The van der Waals surface area contributed by atoms with Crippen LogP contribution in [0.4, 0.5) is 5.69 Å². The highest BCUT2D eigenvalue weighted by Crippen LogP contribution is 2.36. The van der Waals surface area contributed by atoms with Crippen LogP contribution in [0.1, 0.15) is 22.3 Å². The van der Waals surface area contributed by atoms with Crippen molar-refractivity contribution in [3.05, 3.63) is 28.3 Å². The fourth-order valence-electron chi connectivity index (χ4n) is 1.97. The molecular formula is C12H10ClNO4. The molecule has 1 amide bonds. The van der Waals surface area contributed by atoms with E-state index in [1.54, 1.807) is 13.0 Å². The van der Waals surface area contributed by atoms with Crippen molar-refractivity contribution in [2.75, 3.05) is 11.4 Å². The minimum atomic E-state index is -1.02. The number of anilines is 1. The molecule has 0 atom stereocenters. The number of hydrogen-bond acceptors (Lipinski definition) is 3. The second kappa shape index (κ2) is 4.42. The monoisotopic (exact) mass is 267 g/mol. The van der Waals surface area contributed by atoms with Gasteiger partial charge in [0.25, 0.3) is 11.7 Å². The van der Waals surface area contributed by atoms with Crippen molar-refractivity contribution >= 4 is 34.9 Å². The van der Waals surface area contributed by atoms with E-state index < -0.39 is 17.7 Å². The first-order valence-electron chi connectivity index (χ1n) is 5.30. The molecule has 1 heterocycles. The summed E-state index contributed by atoms with van der Waals surface area (Å²) >= 11 is 5.95. The highest BCUT2D eigenvalue weighted by atomic mass is 35.5. The minimum absolute atomic E-state index is 0.0336. The van der Waals surface area contributed by atoms with Gasteiger partial charge in [-0.3, -0.25) is 14.4 Å². The van der Waals surface area contributed by atoms with E-state index in [-0.39, 0.29) is 18.5 Å². The number of carboxylic acid groups (broad SMARTS) is 1. The van der Waals surface area contributed by atoms with E-state index in [1.165, 1.54) is 11.0 Å². The summed E-state index contributed by atoms with van der Waals surface area (Å²) in [5.41, 5.74) is 1.32. The normalized spacial score (nSPS) is 14.0. The summed E-state index contributed by atoms with van der Waals surface area (Å²) in [7, 11) is 0. The number of carbonyl (C=O) groups is 3. The zero-order valence-electron chi connectivity index (χ0n) is 9.57. The number of aliphatic carboxylic acids is 1. The van der Waals surface area contributed by atoms with Crippen molar-refractivity contribution in [3.63, 3.8) is 0 Å². The van der Waals surface area contributed by atoms with E-state index in [1.807, 2.05) is 0 Å². The van der Waals surface area contributed by atoms with Gasteiger partial charge < -0.3 is 10.0 Å². The molecule has 0 unspecified atom stereocenters. The van der Waals surface area contributed by atoms with Crippen molar-refractivity contribution in [3.8, 4) is 0 Å². The van der Waals surface area contributed by atoms with E-state index in [9.17, 15) is 14.4 Å². The lowest BCUT2D eigenvalue weighted by Crippen LogP contribution is -2.32. The molecule has 18 heavy (non-hydrogen) atoms. The predicted octanol–water partition coefficient (Wildman–Crippen LogP) is 1.65. The van der Waals surface area contributed by atoms with Gasteiger partial charge in [0.05, 0.1) is 17.7 Å². The first-order chi connectivity index (χ1) is 8.43. The number of hydrogen-bond donors (Lipinski definition) is 1. The smallest absolute Gasteiger partial charge is 0.305 e. The fourth-order valence-corrected chi connectivity index (χ4v) is 2.12. The second-order valence-electron chi connectivity index (χ2n) is 4.00. The van der Waals surface area contributed by atoms with Crippen LogP contribution in [0.5, 0.6) is 0 Å². The Morgan fingerprint density at radius 2 is 2.06 bits per heavy atom. The number of rotatable bonds is 3. The lowest BCUT2D eigenvalue weighted by Gasteiger charge is -2.17. The molecule has 0 aromatic heterocycles. The van der Waals surface area contributed by atoms with E-state index in [0.717, 1.165) is 0 Å². The van der Waals surface area contributed by atoms with Gasteiger partial charge in [0.2, 0.25) is 0 Å². The maximum atomic E-state index is 11.8. The third-order valence-corrected chi connectivity index (χ3v) is 3.28. The van der Waals surface area contributed by atoms with Crippen LogP contribution in [0.25, 0.3) is 0 Å². The minimum Gasteiger partial charge on any atom is -0.481 e. The zero-order valence-corrected chi connectivity index (χ0v) is 10.3. The molecule has 1 aliphatic heterocycles. The Morgan fingerprint density at radius 3 is 2.67 bits per heavy atom. The van der Waals surface area contributed by atoms with E-state index in [2.05, 4.69) is 0 Å². The average Bonchev–Trinajstić information content (AvgIpc) is 2.55.